The molecule has 3 nitrogen and oxygen atoms in total. The summed E-state index contributed by atoms with van der Waals surface area (Å²) in [4.78, 5) is 10.6. The standard InChI is InChI=1S/C12H7BrClNO2/c13-10-5-2-6-11(15(16)17)12(10)8-3-1-4-9(14)7-8/h1-7H. The number of nitrogens with zero attached hydrogens (tertiary/aromatic N) is 1. The van der Waals surface area contributed by atoms with Gasteiger partial charge in [-0.1, -0.05) is 29.8 Å². The first-order valence-electron chi connectivity index (χ1n) is 4.78. The van der Waals surface area contributed by atoms with Crippen molar-refractivity contribution in [2.75, 3.05) is 0 Å². The van der Waals surface area contributed by atoms with Crippen molar-refractivity contribution in [1.82, 2.24) is 0 Å². The molecule has 0 fully saturated rings. The Labute approximate surface area is 111 Å². The van der Waals surface area contributed by atoms with Gasteiger partial charge in [0, 0.05) is 15.6 Å². The van der Waals surface area contributed by atoms with Crippen LogP contribution in [0, 0.1) is 10.1 Å². The first-order valence-corrected chi connectivity index (χ1v) is 5.95. The summed E-state index contributed by atoms with van der Waals surface area (Å²) in [5, 5.41) is 11.5. The van der Waals surface area contributed by atoms with Gasteiger partial charge in [0.25, 0.3) is 5.69 Å². The monoisotopic (exact) mass is 311 g/mol. The summed E-state index contributed by atoms with van der Waals surface area (Å²) in [5.41, 5.74) is 1.32. The zero-order valence-corrected chi connectivity index (χ0v) is 10.9. The molecule has 0 saturated heterocycles. The molecule has 2 rings (SSSR count). The maximum absolute atomic E-state index is 11.0. The van der Waals surface area contributed by atoms with Crippen molar-refractivity contribution in [2.24, 2.45) is 0 Å². The Balaban J connectivity index is 2.70. The third kappa shape index (κ3) is 2.48. The van der Waals surface area contributed by atoms with Crippen LogP contribution >= 0.6 is 27.5 Å². The molecule has 2 aromatic rings. The van der Waals surface area contributed by atoms with Crippen LogP contribution in [0.5, 0.6) is 0 Å². The van der Waals surface area contributed by atoms with E-state index in [1.54, 1.807) is 36.4 Å². The Bertz CT molecular complexity index is 586. The molecule has 0 radical (unpaired) electrons. The summed E-state index contributed by atoms with van der Waals surface area (Å²) in [6.07, 6.45) is 0. The number of nitro benzene ring substituents is 1. The molecular weight excluding hydrogens is 305 g/mol. The Morgan fingerprint density at radius 2 is 1.88 bits per heavy atom. The van der Waals surface area contributed by atoms with Crippen LogP contribution in [0.2, 0.25) is 5.02 Å². The fourth-order valence-electron chi connectivity index (χ4n) is 1.59. The second kappa shape index (κ2) is 4.85. The van der Waals surface area contributed by atoms with E-state index >= 15 is 0 Å². The Morgan fingerprint density at radius 3 is 2.53 bits per heavy atom. The van der Waals surface area contributed by atoms with E-state index in [1.807, 2.05) is 0 Å². The van der Waals surface area contributed by atoms with Gasteiger partial charge < -0.3 is 0 Å². The summed E-state index contributed by atoms with van der Waals surface area (Å²) in [6, 6.07) is 11.9. The lowest BCUT2D eigenvalue weighted by Gasteiger charge is -2.06. The largest absolute Gasteiger partial charge is 0.278 e. The number of benzene rings is 2. The molecule has 0 aliphatic carbocycles. The highest BCUT2D eigenvalue weighted by Crippen LogP contribution is 2.37. The van der Waals surface area contributed by atoms with Crippen LogP contribution < -0.4 is 0 Å². The third-order valence-corrected chi connectivity index (χ3v) is 3.20. The van der Waals surface area contributed by atoms with Crippen molar-refractivity contribution in [3.63, 3.8) is 0 Å². The fraction of sp³-hybridized carbons (Fsp3) is 0. The lowest BCUT2D eigenvalue weighted by atomic mass is 10.0. The normalized spacial score (nSPS) is 10.2. The molecule has 0 aromatic heterocycles. The van der Waals surface area contributed by atoms with Gasteiger partial charge >= 0.3 is 0 Å². The van der Waals surface area contributed by atoms with Gasteiger partial charge in [-0.3, -0.25) is 10.1 Å². The first kappa shape index (κ1) is 12.1. The minimum Gasteiger partial charge on any atom is -0.258 e. The van der Waals surface area contributed by atoms with Crippen molar-refractivity contribution in [3.05, 3.63) is 62.1 Å². The Kier molecular flexibility index (Phi) is 3.45. The number of halogens is 2. The molecule has 86 valence electrons. The molecule has 0 unspecified atom stereocenters. The zero-order chi connectivity index (χ0) is 12.4. The minimum absolute atomic E-state index is 0.0571. The van der Waals surface area contributed by atoms with Gasteiger partial charge in [0.15, 0.2) is 0 Å². The van der Waals surface area contributed by atoms with Crippen molar-refractivity contribution in [1.29, 1.82) is 0 Å². The fourth-order valence-corrected chi connectivity index (χ4v) is 2.37. The average Bonchev–Trinajstić information content (AvgIpc) is 2.28. The highest BCUT2D eigenvalue weighted by molar-refractivity contribution is 9.10. The molecule has 0 heterocycles. The van der Waals surface area contributed by atoms with Crippen LogP contribution in [0.4, 0.5) is 5.69 Å². The second-order valence-electron chi connectivity index (χ2n) is 3.40. The van der Waals surface area contributed by atoms with Crippen molar-refractivity contribution >= 4 is 33.2 Å². The zero-order valence-electron chi connectivity index (χ0n) is 8.56. The van der Waals surface area contributed by atoms with Crippen LogP contribution in [0.25, 0.3) is 11.1 Å². The summed E-state index contributed by atoms with van der Waals surface area (Å²) in [7, 11) is 0. The molecule has 17 heavy (non-hydrogen) atoms. The molecule has 0 bridgehead atoms. The SMILES string of the molecule is O=[N+]([O-])c1cccc(Br)c1-c1cccc(Cl)c1. The van der Waals surface area contributed by atoms with Gasteiger partial charge in [-0.2, -0.15) is 0 Å². The molecule has 0 aliphatic heterocycles. The molecular formula is C12H7BrClNO2. The molecule has 5 heteroatoms. The van der Waals surface area contributed by atoms with Crippen LogP contribution in [0.15, 0.2) is 46.9 Å². The predicted molar refractivity (Wildman–Crippen MR) is 71.2 cm³/mol. The van der Waals surface area contributed by atoms with E-state index in [0.29, 0.717) is 15.1 Å². The van der Waals surface area contributed by atoms with Gasteiger partial charge in [0.05, 0.1) is 10.5 Å². The number of nitro groups is 1. The first-order chi connectivity index (χ1) is 8.09. The van der Waals surface area contributed by atoms with Gasteiger partial charge in [-0.15, -0.1) is 0 Å². The van der Waals surface area contributed by atoms with Gasteiger partial charge in [-0.05, 0) is 39.7 Å². The van der Waals surface area contributed by atoms with E-state index in [9.17, 15) is 10.1 Å². The summed E-state index contributed by atoms with van der Waals surface area (Å²) in [5.74, 6) is 0. The Hall–Kier alpha value is -1.39. The number of hydrogen-bond acceptors (Lipinski definition) is 2. The smallest absolute Gasteiger partial charge is 0.258 e. The second-order valence-corrected chi connectivity index (χ2v) is 4.69. The highest BCUT2D eigenvalue weighted by Gasteiger charge is 2.17. The average molecular weight is 313 g/mol. The van der Waals surface area contributed by atoms with E-state index < -0.39 is 4.92 Å². The maximum atomic E-state index is 11.0. The highest BCUT2D eigenvalue weighted by atomic mass is 79.9. The van der Waals surface area contributed by atoms with E-state index in [-0.39, 0.29) is 5.69 Å². The lowest BCUT2D eigenvalue weighted by Crippen LogP contribution is -1.92. The topological polar surface area (TPSA) is 43.1 Å². The van der Waals surface area contributed by atoms with Crippen molar-refractivity contribution in [3.8, 4) is 11.1 Å². The molecule has 2 aromatic carbocycles. The van der Waals surface area contributed by atoms with Crippen molar-refractivity contribution < 1.29 is 4.92 Å². The summed E-state index contributed by atoms with van der Waals surface area (Å²) in [6.45, 7) is 0. The number of rotatable bonds is 2. The quantitative estimate of drug-likeness (QED) is 0.597. The summed E-state index contributed by atoms with van der Waals surface area (Å²) >= 11 is 9.22. The molecule has 0 saturated carbocycles. The van der Waals surface area contributed by atoms with Crippen LogP contribution in [0.3, 0.4) is 0 Å². The van der Waals surface area contributed by atoms with E-state index in [1.165, 1.54) is 6.07 Å². The maximum Gasteiger partial charge on any atom is 0.278 e. The van der Waals surface area contributed by atoms with Crippen molar-refractivity contribution in [2.45, 2.75) is 0 Å². The molecule has 0 amide bonds. The molecule has 0 atom stereocenters. The third-order valence-electron chi connectivity index (χ3n) is 2.30. The summed E-state index contributed by atoms with van der Waals surface area (Å²) < 4.78 is 0.675. The molecule has 0 aliphatic rings. The predicted octanol–water partition coefficient (Wildman–Crippen LogP) is 4.68. The Morgan fingerprint density at radius 1 is 1.18 bits per heavy atom. The van der Waals surface area contributed by atoms with E-state index in [0.717, 1.165) is 5.56 Å². The van der Waals surface area contributed by atoms with E-state index in [4.69, 9.17) is 11.6 Å². The molecule has 0 spiro atoms. The van der Waals surface area contributed by atoms with Gasteiger partial charge in [-0.25, -0.2) is 0 Å². The van der Waals surface area contributed by atoms with E-state index in [2.05, 4.69) is 15.9 Å². The van der Waals surface area contributed by atoms with Crippen LogP contribution in [0.1, 0.15) is 0 Å². The number of hydrogen-bond donors (Lipinski definition) is 0. The van der Waals surface area contributed by atoms with Gasteiger partial charge in [0.1, 0.15) is 0 Å². The molecule has 0 N–H and O–H groups in total. The lowest BCUT2D eigenvalue weighted by molar-refractivity contribution is -0.384. The minimum atomic E-state index is -0.402. The van der Waals surface area contributed by atoms with Crippen LogP contribution in [-0.2, 0) is 0 Å². The van der Waals surface area contributed by atoms with Gasteiger partial charge in [0.2, 0.25) is 0 Å². The van der Waals surface area contributed by atoms with Crippen LogP contribution in [-0.4, -0.2) is 4.92 Å².